The van der Waals surface area contributed by atoms with E-state index >= 15 is 0 Å². The van der Waals surface area contributed by atoms with Crippen molar-refractivity contribution in [3.8, 4) is 11.5 Å². The Morgan fingerprint density at radius 2 is 2.08 bits per heavy atom. The highest BCUT2D eigenvalue weighted by atomic mass is 16.5. The second-order valence-corrected chi connectivity index (χ2v) is 5.23. The van der Waals surface area contributed by atoms with E-state index in [2.05, 4.69) is 4.98 Å². The minimum Gasteiger partial charge on any atom is -0.496 e. The van der Waals surface area contributed by atoms with Crippen LogP contribution in [0.4, 0.5) is 0 Å². The largest absolute Gasteiger partial charge is 0.496 e. The third kappa shape index (κ3) is 5.35. The molecule has 5 nitrogen and oxygen atoms in total. The van der Waals surface area contributed by atoms with E-state index in [-0.39, 0.29) is 18.0 Å². The predicted molar refractivity (Wildman–Crippen MR) is 90.9 cm³/mol. The first-order valence-electron chi connectivity index (χ1n) is 7.48. The van der Waals surface area contributed by atoms with E-state index in [1.54, 1.807) is 43.8 Å². The molecule has 0 amide bonds. The molecule has 0 aliphatic rings. The average Bonchev–Trinajstić information content (AvgIpc) is 2.58. The van der Waals surface area contributed by atoms with Gasteiger partial charge in [-0.05, 0) is 37.3 Å². The maximum absolute atomic E-state index is 11.6. The van der Waals surface area contributed by atoms with Crippen LogP contribution in [0.1, 0.15) is 24.5 Å². The summed E-state index contributed by atoms with van der Waals surface area (Å²) in [7, 11) is 1.55. The number of methoxy groups -OCH3 is 1. The van der Waals surface area contributed by atoms with Crippen LogP contribution in [0, 0.1) is 0 Å². The predicted octanol–water partition coefficient (Wildman–Crippen LogP) is 3.23. The lowest BCUT2D eigenvalue weighted by Gasteiger charge is -2.10. The molecule has 0 spiro atoms. The minimum absolute atomic E-state index is 0.0921. The molecule has 0 unspecified atom stereocenters. The normalized spacial score (nSPS) is 10.6. The molecule has 24 heavy (non-hydrogen) atoms. The lowest BCUT2D eigenvalue weighted by atomic mass is 10.1. The van der Waals surface area contributed by atoms with Crippen LogP contribution >= 0.6 is 0 Å². The zero-order chi connectivity index (χ0) is 17.4. The van der Waals surface area contributed by atoms with Crippen LogP contribution in [0.2, 0.25) is 0 Å². The van der Waals surface area contributed by atoms with E-state index in [1.165, 1.54) is 13.0 Å². The zero-order valence-corrected chi connectivity index (χ0v) is 13.7. The molecule has 0 aliphatic heterocycles. The number of nitrogens with zero attached hydrogens (tertiary/aromatic N) is 1. The molecule has 0 aliphatic carbocycles. The van der Waals surface area contributed by atoms with E-state index in [4.69, 9.17) is 9.47 Å². The van der Waals surface area contributed by atoms with Gasteiger partial charge in [-0.1, -0.05) is 6.07 Å². The van der Waals surface area contributed by atoms with Crippen molar-refractivity contribution in [3.63, 3.8) is 0 Å². The molecule has 0 saturated heterocycles. The van der Waals surface area contributed by atoms with Gasteiger partial charge in [0.05, 0.1) is 13.5 Å². The lowest BCUT2D eigenvalue weighted by Crippen LogP contribution is -2.00. The number of benzene rings is 1. The average molecular weight is 325 g/mol. The number of hydrogen-bond donors (Lipinski definition) is 0. The second-order valence-electron chi connectivity index (χ2n) is 5.23. The van der Waals surface area contributed by atoms with Crippen molar-refractivity contribution in [2.75, 3.05) is 7.11 Å². The number of ether oxygens (including phenoxy) is 2. The van der Waals surface area contributed by atoms with Gasteiger partial charge < -0.3 is 9.47 Å². The SMILES string of the molecule is COc1cc(OCc2cccnc2)ccc1C=CC(=O)CC(C)=O. The molecule has 1 aromatic heterocycles. The molecule has 1 heterocycles. The van der Waals surface area contributed by atoms with Crippen LogP contribution in [0.25, 0.3) is 6.08 Å². The van der Waals surface area contributed by atoms with Gasteiger partial charge in [0.2, 0.25) is 0 Å². The van der Waals surface area contributed by atoms with E-state index < -0.39 is 0 Å². The number of allylic oxidation sites excluding steroid dienone is 1. The highest BCUT2D eigenvalue weighted by molar-refractivity contribution is 6.05. The Kier molecular flexibility index (Phi) is 6.25. The molecule has 0 fully saturated rings. The summed E-state index contributed by atoms with van der Waals surface area (Å²) in [6.07, 6.45) is 6.38. The molecule has 124 valence electrons. The zero-order valence-electron chi connectivity index (χ0n) is 13.7. The fraction of sp³-hybridized carbons (Fsp3) is 0.211. The summed E-state index contributed by atoms with van der Waals surface area (Å²) in [5.41, 5.74) is 1.71. The molecule has 0 saturated carbocycles. The highest BCUT2D eigenvalue weighted by Crippen LogP contribution is 2.26. The maximum Gasteiger partial charge on any atom is 0.163 e. The summed E-state index contributed by atoms with van der Waals surface area (Å²) in [5.74, 6) is 0.852. The Morgan fingerprint density at radius 1 is 1.25 bits per heavy atom. The van der Waals surface area contributed by atoms with Crippen molar-refractivity contribution in [1.29, 1.82) is 0 Å². The standard InChI is InChI=1S/C19H19NO4/c1-14(21)10-17(22)7-5-16-6-8-18(11-19(16)23-2)24-13-15-4-3-9-20-12-15/h3-9,11-12H,10,13H2,1-2H3. The summed E-state index contributed by atoms with van der Waals surface area (Å²) in [6.45, 7) is 1.80. The van der Waals surface area contributed by atoms with Crippen LogP contribution in [0.5, 0.6) is 11.5 Å². The van der Waals surface area contributed by atoms with Gasteiger partial charge in [0.1, 0.15) is 23.9 Å². The van der Waals surface area contributed by atoms with Gasteiger partial charge in [0.15, 0.2) is 5.78 Å². The van der Waals surface area contributed by atoms with Crippen molar-refractivity contribution in [1.82, 2.24) is 4.98 Å². The Bertz CT molecular complexity index is 738. The fourth-order valence-corrected chi connectivity index (χ4v) is 2.06. The Balaban J connectivity index is 2.05. The van der Waals surface area contributed by atoms with Gasteiger partial charge in [0, 0.05) is 29.6 Å². The van der Waals surface area contributed by atoms with Crippen LogP contribution in [-0.4, -0.2) is 23.7 Å². The summed E-state index contributed by atoms with van der Waals surface area (Å²) >= 11 is 0. The number of carbonyl (C=O) groups excluding carboxylic acids is 2. The maximum atomic E-state index is 11.6. The van der Waals surface area contributed by atoms with Crippen molar-refractivity contribution in [3.05, 3.63) is 59.9 Å². The topological polar surface area (TPSA) is 65.5 Å². The molecular formula is C19H19NO4. The number of ketones is 2. The fourth-order valence-electron chi connectivity index (χ4n) is 2.06. The van der Waals surface area contributed by atoms with Gasteiger partial charge in [0.25, 0.3) is 0 Å². The van der Waals surface area contributed by atoms with Gasteiger partial charge in [-0.3, -0.25) is 14.6 Å². The van der Waals surface area contributed by atoms with E-state index in [0.29, 0.717) is 18.1 Å². The van der Waals surface area contributed by atoms with Crippen LogP contribution < -0.4 is 9.47 Å². The van der Waals surface area contributed by atoms with Crippen LogP contribution in [0.3, 0.4) is 0 Å². The summed E-state index contributed by atoms with van der Waals surface area (Å²) < 4.78 is 11.0. The minimum atomic E-state index is -0.235. The number of rotatable bonds is 8. The molecule has 0 bridgehead atoms. The first kappa shape index (κ1) is 17.4. The number of pyridine rings is 1. The molecular weight excluding hydrogens is 306 g/mol. The van der Waals surface area contributed by atoms with Crippen LogP contribution in [0.15, 0.2) is 48.8 Å². The van der Waals surface area contributed by atoms with Crippen molar-refractivity contribution in [2.24, 2.45) is 0 Å². The van der Waals surface area contributed by atoms with Gasteiger partial charge in [-0.25, -0.2) is 0 Å². The second kappa shape index (κ2) is 8.62. The third-order valence-electron chi connectivity index (χ3n) is 3.21. The molecule has 2 aromatic rings. The van der Waals surface area contributed by atoms with E-state index in [0.717, 1.165) is 11.1 Å². The van der Waals surface area contributed by atoms with Crippen LogP contribution in [-0.2, 0) is 16.2 Å². The van der Waals surface area contributed by atoms with Gasteiger partial charge in [-0.2, -0.15) is 0 Å². The monoisotopic (exact) mass is 325 g/mol. The number of carbonyl (C=O) groups is 2. The van der Waals surface area contributed by atoms with Crippen molar-refractivity contribution in [2.45, 2.75) is 20.0 Å². The van der Waals surface area contributed by atoms with Gasteiger partial charge >= 0.3 is 0 Å². The molecule has 0 atom stereocenters. The van der Waals surface area contributed by atoms with Crippen molar-refractivity contribution >= 4 is 17.6 Å². The molecule has 2 rings (SSSR count). The first-order valence-corrected chi connectivity index (χ1v) is 7.48. The molecule has 0 radical (unpaired) electrons. The van der Waals surface area contributed by atoms with E-state index in [1.807, 2.05) is 12.1 Å². The third-order valence-corrected chi connectivity index (χ3v) is 3.21. The molecule has 1 aromatic carbocycles. The van der Waals surface area contributed by atoms with E-state index in [9.17, 15) is 9.59 Å². The number of aromatic nitrogens is 1. The quantitative estimate of drug-likeness (QED) is 0.551. The Hall–Kier alpha value is -2.95. The number of hydrogen-bond acceptors (Lipinski definition) is 5. The molecule has 5 heteroatoms. The van der Waals surface area contributed by atoms with Crippen molar-refractivity contribution < 1.29 is 19.1 Å². The Labute approximate surface area is 140 Å². The van der Waals surface area contributed by atoms with Gasteiger partial charge in [-0.15, -0.1) is 0 Å². The highest BCUT2D eigenvalue weighted by Gasteiger charge is 2.05. The lowest BCUT2D eigenvalue weighted by molar-refractivity contribution is -0.123. The first-order chi connectivity index (χ1) is 11.6. The summed E-state index contributed by atoms with van der Waals surface area (Å²) in [5, 5.41) is 0. The summed E-state index contributed by atoms with van der Waals surface area (Å²) in [4.78, 5) is 26.5. The molecule has 0 N–H and O–H groups in total. The Morgan fingerprint density at radius 3 is 2.75 bits per heavy atom. The number of Topliss-reactive ketones (excluding diaryl/α,β-unsaturated/α-hetero) is 1. The smallest absolute Gasteiger partial charge is 0.163 e. The summed E-state index contributed by atoms with van der Waals surface area (Å²) in [6, 6.07) is 9.14.